The lowest BCUT2D eigenvalue weighted by molar-refractivity contribution is -0.132. The first-order chi connectivity index (χ1) is 19.0. The minimum atomic E-state index is -0.953. The number of carbonyl (C=O) groups excluding carboxylic acids is 2. The lowest BCUT2D eigenvalue weighted by atomic mass is 9.95. The number of carbonyl (C=O) groups is 2. The molecule has 1 saturated heterocycles. The highest BCUT2D eigenvalue weighted by atomic mass is 32.2. The fourth-order valence-corrected chi connectivity index (χ4v) is 5.91. The number of hydrogen-bond acceptors (Lipinski definition) is 9. The summed E-state index contributed by atoms with van der Waals surface area (Å²) in [6, 6.07) is 15.4. The Morgan fingerprint density at radius 1 is 1.10 bits per heavy atom. The van der Waals surface area contributed by atoms with Crippen LogP contribution in [0.5, 0.6) is 5.75 Å². The maximum absolute atomic E-state index is 13.4. The molecule has 39 heavy (non-hydrogen) atoms. The molecule has 2 aromatic carbocycles. The molecule has 1 aliphatic rings. The summed E-state index contributed by atoms with van der Waals surface area (Å²) in [6.45, 7) is 2.50. The second-order valence-electron chi connectivity index (χ2n) is 8.59. The van der Waals surface area contributed by atoms with E-state index in [0.717, 1.165) is 23.3 Å². The summed E-state index contributed by atoms with van der Waals surface area (Å²) in [5, 5.41) is 19.9. The van der Waals surface area contributed by atoms with Crippen LogP contribution in [0.1, 0.15) is 36.1 Å². The Balaban J connectivity index is 1.53. The first-order valence-corrected chi connectivity index (χ1v) is 13.9. The van der Waals surface area contributed by atoms with Crippen molar-refractivity contribution in [1.29, 1.82) is 0 Å². The zero-order chi connectivity index (χ0) is 27.4. The Kier molecular flexibility index (Phi) is 7.99. The highest BCUT2D eigenvalue weighted by Crippen LogP contribution is 2.44. The minimum absolute atomic E-state index is 0.0606. The van der Waals surface area contributed by atoms with Crippen molar-refractivity contribution >= 4 is 45.7 Å². The summed E-state index contributed by atoms with van der Waals surface area (Å²) in [5.41, 5.74) is 1.78. The van der Waals surface area contributed by atoms with Gasteiger partial charge in [-0.2, -0.15) is 0 Å². The van der Waals surface area contributed by atoms with Gasteiger partial charge in [-0.15, -0.1) is 10.2 Å². The average molecular weight is 563 g/mol. The van der Waals surface area contributed by atoms with E-state index < -0.39 is 17.7 Å². The number of ether oxygens (including phenoxy) is 1. The molecule has 1 N–H and O–H groups in total. The van der Waals surface area contributed by atoms with Crippen LogP contribution in [0.4, 0.5) is 9.52 Å². The number of nitrogens with zero attached hydrogens (tertiary/aromatic N) is 4. The van der Waals surface area contributed by atoms with Crippen LogP contribution in [0.2, 0.25) is 0 Å². The monoisotopic (exact) mass is 562 g/mol. The van der Waals surface area contributed by atoms with Gasteiger partial charge in [0.1, 0.15) is 17.3 Å². The van der Waals surface area contributed by atoms with Crippen molar-refractivity contribution in [2.75, 3.05) is 11.5 Å². The Morgan fingerprint density at radius 3 is 2.62 bits per heavy atom. The SMILES string of the molecule is CCCOc1cccc(C2/C(=C(\O)c3ccncc3)C(=O)C(=O)N2c2nnc(SCc3ccc(F)cc3)s2)c1. The van der Waals surface area contributed by atoms with E-state index in [4.69, 9.17) is 4.74 Å². The number of Topliss-reactive ketones (excluding diaryl/α,β-unsaturated/α-hetero) is 1. The summed E-state index contributed by atoms with van der Waals surface area (Å²) in [5.74, 6) is -1.16. The topological polar surface area (TPSA) is 106 Å². The summed E-state index contributed by atoms with van der Waals surface area (Å²) in [4.78, 5) is 32.0. The Morgan fingerprint density at radius 2 is 1.87 bits per heavy atom. The Hall–Kier alpha value is -4.09. The molecule has 198 valence electrons. The van der Waals surface area contributed by atoms with Crippen LogP contribution in [0.15, 0.2) is 83.0 Å². The van der Waals surface area contributed by atoms with E-state index in [1.807, 2.05) is 6.92 Å². The van der Waals surface area contributed by atoms with Gasteiger partial charge in [0.2, 0.25) is 5.13 Å². The van der Waals surface area contributed by atoms with E-state index in [1.54, 1.807) is 48.5 Å². The van der Waals surface area contributed by atoms with Crippen molar-refractivity contribution in [3.8, 4) is 5.75 Å². The standard InChI is InChI=1S/C28H23FN4O4S2/c1-2-14-37-21-5-3-4-19(15-21)23-22(24(34)18-10-12-30-13-11-18)25(35)26(36)33(23)27-31-32-28(39-27)38-16-17-6-8-20(29)9-7-17/h3-13,15,23,34H,2,14,16H2,1H3/b24-22+. The smallest absolute Gasteiger partial charge is 0.301 e. The first kappa shape index (κ1) is 26.5. The van der Waals surface area contributed by atoms with E-state index in [1.165, 1.54) is 41.2 Å². The number of aliphatic hydroxyl groups excluding tert-OH is 1. The molecule has 0 bridgehead atoms. The van der Waals surface area contributed by atoms with Gasteiger partial charge < -0.3 is 9.84 Å². The molecular weight excluding hydrogens is 539 g/mol. The molecule has 1 fully saturated rings. The Labute approximate surface area is 232 Å². The van der Waals surface area contributed by atoms with Crippen LogP contribution in [-0.4, -0.2) is 38.6 Å². The van der Waals surface area contributed by atoms with Gasteiger partial charge in [-0.1, -0.05) is 54.3 Å². The fraction of sp³-hybridized carbons (Fsp3) is 0.179. The van der Waals surface area contributed by atoms with Crippen molar-refractivity contribution in [1.82, 2.24) is 15.2 Å². The van der Waals surface area contributed by atoms with Crippen molar-refractivity contribution in [2.45, 2.75) is 29.5 Å². The molecule has 11 heteroatoms. The summed E-state index contributed by atoms with van der Waals surface area (Å²) >= 11 is 2.54. The van der Waals surface area contributed by atoms with Gasteiger partial charge in [0.25, 0.3) is 5.78 Å². The molecule has 0 radical (unpaired) electrons. The predicted molar refractivity (Wildman–Crippen MR) is 147 cm³/mol. The molecule has 1 unspecified atom stereocenters. The third kappa shape index (κ3) is 5.69. The number of amides is 1. The van der Waals surface area contributed by atoms with Crippen molar-refractivity contribution < 1.29 is 23.8 Å². The van der Waals surface area contributed by atoms with E-state index in [0.29, 0.717) is 33.6 Å². The van der Waals surface area contributed by atoms with Gasteiger partial charge in [-0.25, -0.2) is 4.39 Å². The fourth-order valence-electron chi connectivity index (χ4n) is 4.09. The van der Waals surface area contributed by atoms with Gasteiger partial charge in [-0.05, 0) is 53.9 Å². The molecule has 1 amide bonds. The van der Waals surface area contributed by atoms with E-state index in [2.05, 4.69) is 15.2 Å². The summed E-state index contributed by atoms with van der Waals surface area (Å²) < 4.78 is 19.6. The first-order valence-electron chi connectivity index (χ1n) is 12.1. The molecule has 5 rings (SSSR count). The number of aromatic nitrogens is 3. The third-order valence-corrected chi connectivity index (χ3v) is 8.05. The number of aliphatic hydroxyl groups is 1. The minimum Gasteiger partial charge on any atom is -0.507 e. The number of benzene rings is 2. The number of hydrogen-bond donors (Lipinski definition) is 1. The number of pyridine rings is 1. The predicted octanol–water partition coefficient (Wildman–Crippen LogP) is 5.78. The van der Waals surface area contributed by atoms with Crippen molar-refractivity contribution in [3.63, 3.8) is 0 Å². The lowest BCUT2D eigenvalue weighted by Gasteiger charge is -2.23. The lowest BCUT2D eigenvalue weighted by Crippen LogP contribution is -2.29. The summed E-state index contributed by atoms with van der Waals surface area (Å²) in [7, 11) is 0. The van der Waals surface area contributed by atoms with Crippen LogP contribution in [0.25, 0.3) is 5.76 Å². The molecule has 0 aliphatic carbocycles. The molecule has 0 saturated carbocycles. The number of anilines is 1. The zero-order valence-electron chi connectivity index (χ0n) is 20.8. The van der Waals surface area contributed by atoms with Gasteiger partial charge >= 0.3 is 5.91 Å². The summed E-state index contributed by atoms with van der Waals surface area (Å²) in [6.07, 6.45) is 3.80. The Bertz CT molecular complexity index is 1530. The largest absolute Gasteiger partial charge is 0.507 e. The van der Waals surface area contributed by atoms with E-state index >= 15 is 0 Å². The quantitative estimate of drug-likeness (QED) is 0.0900. The van der Waals surface area contributed by atoms with Gasteiger partial charge in [-0.3, -0.25) is 19.5 Å². The number of ketones is 1. The van der Waals surface area contributed by atoms with Gasteiger partial charge in [0.15, 0.2) is 4.34 Å². The molecule has 4 aromatic rings. The molecule has 8 nitrogen and oxygen atoms in total. The van der Waals surface area contributed by atoms with Crippen LogP contribution in [-0.2, 0) is 15.3 Å². The molecular formula is C28H23FN4O4S2. The maximum Gasteiger partial charge on any atom is 0.301 e. The molecule has 1 atom stereocenters. The number of rotatable bonds is 9. The van der Waals surface area contributed by atoms with Gasteiger partial charge in [0.05, 0.1) is 18.2 Å². The van der Waals surface area contributed by atoms with Crippen molar-refractivity contribution in [3.05, 3.63) is 101 Å². The normalized spacial score (nSPS) is 16.6. The van der Waals surface area contributed by atoms with Crippen LogP contribution in [0, 0.1) is 5.82 Å². The second-order valence-corrected chi connectivity index (χ2v) is 10.8. The van der Waals surface area contributed by atoms with Crippen molar-refractivity contribution in [2.24, 2.45) is 0 Å². The molecule has 3 heterocycles. The third-order valence-electron chi connectivity index (χ3n) is 5.92. The molecule has 1 aliphatic heterocycles. The van der Waals surface area contributed by atoms with Crippen LogP contribution >= 0.6 is 23.1 Å². The number of thioether (sulfide) groups is 1. The molecule has 0 spiro atoms. The number of halogens is 1. The van der Waals surface area contributed by atoms with Crippen LogP contribution < -0.4 is 9.64 Å². The second kappa shape index (κ2) is 11.7. The average Bonchev–Trinajstić information content (AvgIpc) is 3.53. The zero-order valence-corrected chi connectivity index (χ0v) is 22.4. The van der Waals surface area contributed by atoms with Crippen LogP contribution in [0.3, 0.4) is 0 Å². The van der Waals surface area contributed by atoms with E-state index in [-0.39, 0.29) is 22.3 Å². The van der Waals surface area contributed by atoms with Gasteiger partial charge in [0, 0.05) is 23.7 Å². The maximum atomic E-state index is 13.4. The molecule has 2 aromatic heterocycles. The highest BCUT2D eigenvalue weighted by Gasteiger charge is 2.48. The van der Waals surface area contributed by atoms with E-state index in [9.17, 15) is 19.1 Å². The highest BCUT2D eigenvalue weighted by molar-refractivity contribution is 8.00.